The number of hydrogen-bond acceptors (Lipinski definition) is 5. The molecule has 1 fully saturated rings. The quantitative estimate of drug-likeness (QED) is 0.428. The first-order valence-corrected chi connectivity index (χ1v) is 9.15. The van der Waals surface area contributed by atoms with Crippen LogP contribution < -0.4 is 0 Å². The van der Waals surface area contributed by atoms with Crippen molar-refractivity contribution in [3.63, 3.8) is 0 Å². The molecule has 0 aliphatic carbocycles. The smallest absolute Gasteiger partial charge is 0.381 e. The van der Waals surface area contributed by atoms with Crippen molar-refractivity contribution in [3.05, 3.63) is 0 Å². The summed E-state index contributed by atoms with van der Waals surface area (Å²) in [5, 5.41) is 0. The summed E-state index contributed by atoms with van der Waals surface area (Å²) in [6, 6.07) is 0.808. The molecule has 0 aromatic heterocycles. The van der Waals surface area contributed by atoms with E-state index < -0.39 is 8.80 Å². The van der Waals surface area contributed by atoms with Crippen LogP contribution in [0.5, 0.6) is 0 Å². The highest BCUT2D eigenvalue weighted by Crippen LogP contribution is 2.14. The molecule has 0 saturated carbocycles. The molecule has 0 N–H and O–H groups in total. The number of rotatable bonds is 11. The van der Waals surface area contributed by atoms with Crippen molar-refractivity contribution in [1.82, 2.24) is 4.90 Å². The van der Waals surface area contributed by atoms with Gasteiger partial charge in [0.05, 0.1) is 0 Å². The molecule has 0 radical (unpaired) electrons. The minimum Gasteiger partial charge on any atom is -0.381 e. The third-order valence-corrected chi connectivity index (χ3v) is 6.50. The van der Waals surface area contributed by atoms with E-state index in [4.69, 9.17) is 18.0 Å². The number of likely N-dealkylation sites (tertiary alicyclic amines) is 1. The SMILES string of the molecule is CO[Si](CCCOCCCN1CCCC1)(OC)OC. The monoisotopic (exact) mass is 291 g/mol. The fraction of sp³-hybridized carbons (Fsp3) is 1.00. The Morgan fingerprint density at radius 1 is 0.895 bits per heavy atom. The summed E-state index contributed by atoms with van der Waals surface area (Å²) in [7, 11) is 2.55. The van der Waals surface area contributed by atoms with Gasteiger partial charge < -0.3 is 22.9 Å². The van der Waals surface area contributed by atoms with Crippen LogP contribution in [0.4, 0.5) is 0 Å². The van der Waals surface area contributed by atoms with Gasteiger partial charge in [0.25, 0.3) is 0 Å². The minimum absolute atomic E-state index is 0.755. The van der Waals surface area contributed by atoms with Gasteiger partial charge in [0.15, 0.2) is 0 Å². The molecule has 0 amide bonds. The molecule has 19 heavy (non-hydrogen) atoms. The fourth-order valence-electron chi connectivity index (χ4n) is 2.45. The van der Waals surface area contributed by atoms with Crippen molar-refractivity contribution in [1.29, 1.82) is 0 Å². The first-order chi connectivity index (χ1) is 9.26. The molecular weight excluding hydrogens is 262 g/mol. The molecule has 1 aliphatic rings. The highest BCUT2D eigenvalue weighted by molar-refractivity contribution is 6.60. The van der Waals surface area contributed by atoms with Gasteiger partial charge in [-0.1, -0.05) is 0 Å². The lowest BCUT2D eigenvalue weighted by Crippen LogP contribution is -2.42. The minimum atomic E-state index is -2.40. The molecule has 0 aromatic carbocycles. The van der Waals surface area contributed by atoms with Gasteiger partial charge in [0.2, 0.25) is 0 Å². The molecule has 1 heterocycles. The van der Waals surface area contributed by atoms with Gasteiger partial charge in [-0.2, -0.15) is 0 Å². The predicted molar refractivity (Wildman–Crippen MR) is 77.3 cm³/mol. The topological polar surface area (TPSA) is 40.2 Å². The van der Waals surface area contributed by atoms with Gasteiger partial charge in [-0.3, -0.25) is 0 Å². The van der Waals surface area contributed by atoms with E-state index in [1.165, 1.54) is 32.5 Å². The van der Waals surface area contributed by atoms with E-state index in [1.54, 1.807) is 21.3 Å². The Labute approximate surface area is 118 Å². The second-order valence-corrected chi connectivity index (χ2v) is 8.00. The predicted octanol–water partition coefficient (Wildman–Crippen LogP) is 1.76. The molecular formula is C13H29NO4Si. The van der Waals surface area contributed by atoms with Crippen molar-refractivity contribution < 1.29 is 18.0 Å². The molecule has 1 saturated heterocycles. The lowest BCUT2D eigenvalue weighted by Gasteiger charge is -2.24. The van der Waals surface area contributed by atoms with Crippen LogP contribution in [0.25, 0.3) is 0 Å². The normalized spacial score (nSPS) is 17.2. The zero-order valence-electron chi connectivity index (χ0n) is 12.7. The average molecular weight is 291 g/mol. The summed E-state index contributed by atoms with van der Waals surface area (Å²) in [5.74, 6) is 0. The standard InChI is InChI=1S/C13H29NO4Si/c1-15-19(16-2,17-3)13-7-12-18-11-6-10-14-8-4-5-9-14/h4-13H2,1-3H3. The van der Waals surface area contributed by atoms with Gasteiger partial charge in [-0.05, 0) is 38.8 Å². The molecule has 0 atom stereocenters. The van der Waals surface area contributed by atoms with Crippen molar-refractivity contribution >= 4 is 8.80 Å². The largest absolute Gasteiger partial charge is 0.500 e. The van der Waals surface area contributed by atoms with E-state index in [9.17, 15) is 0 Å². The third kappa shape index (κ3) is 6.33. The number of ether oxygens (including phenoxy) is 1. The van der Waals surface area contributed by atoms with E-state index >= 15 is 0 Å². The van der Waals surface area contributed by atoms with Crippen molar-refractivity contribution in [3.8, 4) is 0 Å². The number of nitrogens with zero attached hydrogens (tertiary/aromatic N) is 1. The molecule has 5 nitrogen and oxygen atoms in total. The van der Waals surface area contributed by atoms with Crippen LogP contribution in [-0.2, 0) is 18.0 Å². The van der Waals surface area contributed by atoms with Crippen molar-refractivity contribution in [2.75, 3.05) is 54.2 Å². The van der Waals surface area contributed by atoms with E-state index in [2.05, 4.69) is 4.90 Å². The molecule has 0 spiro atoms. The summed E-state index contributed by atoms with van der Waals surface area (Å²) in [6.45, 7) is 5.31. The van der Waals surface area contributed by atoms with Crippen LogP contribution in [0, 0.1) is 0 Å². The summed E-state index contributed by atoms with van der Waals surface area (Å²) in [5.41, 5.74) is 0. The second kappa shape index (κ2) is 9.85. The maximum Gasteiger partial charge on any atom is 0.500 e. The van der Waals surface area contributed by atoms with Crippen LogP contribution in [0.3, 0.4) is 0 Å². The Balaban J connectivity index is 1.95. The highest BCUT2D eigenvalue weighted by atomic mass is 28.4. The van der Waals surface area contributed by atoms with Crippen molar-refractivity contribution in [2.45, 2.75) is 31.7 Å². The Morgan fingerprint density at radius 2 is 1.47 bits per heavy atom. The summed E-state index contributed by atoms with van der Waals surface area (Å²) >= 11 is 0. The van der Waals surface area contributed by atoms with Gasteiger partial charge in [-0.25, -0.2) is 0 Å². The summed E-state index contributed by atoms with van der Waals surface area (Å²) in [6.07, 6.45) is 4.77. The van der Waals surface area contributed by atoms with Crippen LogP contribution in [0.2, 0.25) is 6.04 Å². The molecule has 0 bridgehead atoms. The van der Waals surface area contributed by atoms with Crippen LogP contribution in [0.15, 0.2) is 0 Å². The summed E-state index contributed by atoms with van der Waals surface area (Å²) in [4.78, 5) is 2.52. The highest BCUT2D eigenvalue weighted by Gasteiger charge is 2.36. The molecule has 1 aliphatic heterocycles. The van der Waals surface area contributed by atoms with Crippen LogP contribution >= 0.6 is 0 Å². The molecule has 0 aromatic rings. The molecule has 6 heteroatoms. The Morgan fingerprint density at radius 3 is 2.05 bits per heavy atom. The van der Waals surface area contributed by atoms with Crippen LogP contribution in [0.1, 0.15) is 25.7 Å². The molecule has 1 rings (SSSR count). The molecule has 114 valence electrons. The van der Waals surface area contributed by atoms with E-state index in [-0.39, 0.29) is 0 Å². The lowest BCUT2D eigenvalue weighted by atomic mass is 10.4. The Hall–Kier alpha value is 0.0169. The first kappa shape index (κ1) is 17.1. The first-order valence-electron chi connectivity index (χ1n) is 7.22. The number of hydrogen-bond donors (Lipinski definition) is 0. The Kier molecular flexibility index (Phi) is 8.85. The second-order valence-electron chi connectivity index (χ2n) is 4.91. The van der Waals surface area contributed by atoms with Crippen LogP contribution in [-0.4, -0.2) is 67.9 Å². The van der Waals surface area contributed by atoms with Gasteiger partial charge >= 0.3 is 8.80 Å². The maximum absolute atomic E-state index is 5.65. The van der Waals surface area contributed by atoms with Gasteiger partial charge in [-0.15, -0.1) is 0 Å². The maximum atomic E-state index is 5.65. The van der Waals surface area contributed by atoms with Crippen molar-refractivity contribution in [2.24, 2.45) is 0 Å². The van der Waals surface area contributed by atoms with E-state index in [1.807, 2.05) is 0 Å². The van der Waals surface area contributed by atoms with Gasteiger partial charge in [0, 0.05) is 47.1 Å². The molecule has 0 unspecified atom stereocenters. The lowest BCUT2D eigenvalue weighted by molar-refractivity contribution is 0.103. The third-order valence-electron chi connectivity index (χ3n) is 3.67. The zero-order chi connectivity index (χ0) is 14.0. The average Bonchev–Trinajstić information content (AvgIpc) is 2.96. The summed E-state index contributed by atoms with van der Waals surface area (Å²) < 4.78 is 21.7. The fourth-order valence-corrected chi connectivity index (χ4v) is 4.14. The van der Waals surface area contributed by atoms with Gasteiger partial charge in [0.1, 0.15) is 0 Å². The van der Waals surface area contributed by atoms with E-state index in [0.717, 1.165) is 32.1 Å². The zero-order valence-corrected chi connectivity index (χ0v) is 13.7. The Bertz CT molecular complexity index is 212. The van der Waals surface area contributed by atoms with E-state index in [0.29, 0.717) is 0 Å².